The van der Waals surface area contributed by atoms with Crippen molar-refractivity contribution in [2.45, 2.75) is 244 Å². The molecule has 0 rings (SSSR count). The first kappa shape index (κ1) is 44.8. The molecule has 0 fully saturated rings. The van der Waals surface area contributed by atoms with E-state index >= 15 is 0 Å². The van der Waals surface area contributed by atoms with Crippen LogP contribution >= 0.6 is 0 Å². The Morgan fingerprint density at radius 1 is 0.400 bits per heavy atom. The van der Waals surface area contributed by atoms with Gasteiger partial charge in [-0.2, -0.15) is 8.42 Å². The Balaban J connectivity index is 3.97. The predicted octanol–water partition coefficient (Wildman–Crippen LogP) is 13.2. The standard InChI is InChI=1S/C39H80O5S/c1-3-5-7-9-11-13-15-17-19-21-23-25-27-29-31-33-35-39(37-38-40,44-45(41,42)43)36-34-32-30-28-26-24-22-20-18-16-14-12-10-8-6-4-2/h40H,3-38H2,1-2H3,(H,41,42,43). The Morgan fingerprint density at radius 3 is 0.822 bits per heavy atom. The lowest BCUT2D eigenvalue weighted by molar-refractivity contribution is 0.0166. The molecule has 6 heteroatoms. The van der Waals surface area contributed by atoms with Crippen molar-refractivity contribution in [2.75, 3.05) is 6.61 Å². The Bertz CT molecular complexity index is 645. The summed E-state index contributed by atoms with van der Waals surface area (Å²) < 4.78 is 38.2. The molecule has 0 saturated carbocycles. The molecule has 0 amide bonds. The van der Waals surface area contributed by atoms with Crippen LogP contribution in [-0.4, -0.2) is 30.3 Å². The third-order valence-corrected chi connectivity index (χ3v) is 10.4. The van der Waals surface area contributed by atoms with Crippen LogP contribution in [0, 0.1) is 0 Å². The highest BCUT2D eigenvalue weighted by Gasteiger charge is 2.34. The Labute approximate surface area is 282 Å². The van der Waals surface area contributed by atoms with Gasteiger partial charge in [0.15, 0.2) is 0 Å². The summed E-state index contributed by atoms with van der Waals surface area (Å²) >= 11 is 0. The summed E-state index contributed by atoms with van der Waals surface area (Å²) in [5.41, 5.74) is -0.978. The highest BCUT2D eigenvalue weighted by Crippen LogP contribution is 2.32. The number of aliphatic hydroxyl groups excluding tert-OH is 1. The molecule has 0 aliphatic rings. The maximum atomic E-state index is 11.7. The van der Waals surface area contributed by atoms with E-state index in [0.717, 1.165) is 38.5 Å². The molecule has 0 saturated heterocycles. The second kappa shape index (κ2) is 33.7. The monoisotopic (exact) mass is 661 g/mol. The zero-order valence-electron chi connectivity index (χ0n) is 30.5. The van der Waals surface area contributed by atoms with E-state index in [2.05, 4.69) is 13.8 Å². The van der Waals surface area contributed by atoms with Crippen molar-refractivity contribution in [1.82, 2.24) is 0 Å². The molecule has 272 valence electrons. The van der Waals surface area contributed by atoms with Gasteiger partial charge >= 0.3 is 10.4 Å². The molecule has 0 aliphatic carbocycles. The fourth-order valence-corrected chi connectivity index (χ4v) is 7.61. The summed E-state index contributed by atoms with van der Waals surface area (Å²) in [6.07, 6.45) is 42.8. The van der Waals surface area contributed by atoms with Gasteiger partial charge in [-0.25, -0.2) is 4.18 Å². The summed E-state index contributed by atoms with van der Waals surface area (Å²) in [6, 6.07) is 0. The van der Waals surface area contributed by atoms with Crippen LogP contribution in [0.25, 0.3) is 0 Å². The van der Waals surface area contributed by atoms with Gasteiger partial charge in [-0.1, -0.05) is 219 Å². The van der Waals surface area contributed by atoms with Gasteiger partial charge in [0, 0.05) is 13.0 Å². The molecular weight excluding hydrogens is 580 g/mol. The van der Waals surface area contributed by atoms with Crippen LogP contribution in [0.5, 0.6) is 0 Å². The summed E-state index contributed by atoms with van der Waals surface area (Å²) in [5, 5.41) is 9.71. The zero-order valence-corrected chi connectivity index (χ0v) is 31.3. The van der Waals surface area contributed by atoms with E-state index in [9.17, 15) is 18.1 Å². The molecule has 2 N–H and O–H groups in total. The molecule has 0 unspecified atom stereocenters. The highest BCUT2D eigenvalue weighted by molar-refractivity contribution is 7.80. The molecule has 0 radical (unpaired) electrons. The van der Waals surface area contributed by atoms with E-state index < -0.39 is 16.0 Å². The largest absolute Gasteiger partial charge is 0.397 e. The second-order valence-corrected chi connectivity index (χ2v) is 15.3. The van der Waals surface area contributed by atoms with Crippen molar-refractivity contribution >= 4 is 10.4 Å². The van der Waals surface area contributed by atoms with Gasteiger partial charge in [0.25, 0.3) is 0 Å². The van der Waals surface area contributed by atoms with Gasteiger partial charge in [0.05, 0.1) is 5.60 Å². The highest BCUT2D eigenvalue weighted by atomic mass is 32.3. The average molecular weight is 661 g/mol. The average Bonchev–Trinajstić information content (AvgIpc) is 3.00. The van der Waals surface area contributed by atoms with Crippen molar-refractivity contribution < 1.29 is 22.3 Å². The molecule has 0 bridgehead atoms. The lowest BCUT2D eigenvalue weighted by Crippen LogP contribution is -2.36. The minimum atomic E-state index is -4.56. The van der Waals surface area contributed by atoms with E-state index in [0.29, 0.717) is 12.8 Å². The van der Waals surface area contributed by atoms with Crippen LogP contribution in [0.1, 0.15) is 239 Å². The summed E-state index contributed by atoms with van der Waals surface area (Å²) in [5.74, 6) is 0. The number of hydrogen-bond acceptors (Lipinski definition) is 4. The van der Waals surface area contributed by atoms with Gasteiger partial charge in [-0.05, 0) is 12.8 Å². The third kappa shape index (κ3) is 33.5. The molecule has 0 spiro atoms. The maximum Gasteiger partial charge on any atom is 0.397 e. The molecule has 0 heterocycles. The number of hydrogen-bond donors (Lipinski definition) is 2. The summed E-state index contributed by atoms with van der Waals surface area (Å²) in [6.45, 7) is 4.42. The van der Waals surface area contributed by atoms with E-state index in [1.165, 1.54) is 167 Å². The molecule has 0 atom stereocenters. The number of rotatable bonds is 38. The second-order valence-electron chi connectivity index (χ2n) is 14.3. The molecule has 45 heavy (non-hydrogen) atoms. The van der Waals surface area contributed by atoms with Crippen LogP contribution in [-0.2, 0) is 14.6 Å². The smallest absolute Gasteiger partial charge is 0.396 e. The Morgan fingerprint density at radius 2 is 0.622 bits per heavy atom. The van der Waals surface area contributed by atoms with E-state index in [4.69, 9.17) is 4.18 Å². The lowest BCUT2D eigenvalue weighted by atomic mass is 9.87. The molecule has 0 aromatic heterocycles. The van der Waals surface area contributed by atoms with Crippen LogP contribution < -0.4 is 0 Å². The maximum absolute atomic E-state index is 11.7. The number of unbranched alkanes of at least 4 members (excludes halogenated alkanes) is 30. The first-order chi connectivity index (χ1) is 21.9. The van der Waals surface area contributed by atoms with Crippen molar-refractivity contribution in [1.29, 1.82) is 0 Å². The zero-order chi connectivity index (χ0) is 33.2. The van der Waals surface area contributed by atoms with E-state index in [-0.39, 0.29) is 13.0 Å². The van der Waals surface area contributed by atoms with Crippen LogP contribution in [0.15, 0.2) is 0 Å². The van der Waals surface area contributed by atoms with Gasteiger partial charge in [-0.3, -0.25) is 4.55 Å². The summed E-state index contributed by atoms with van der Waals surface area (Å²) in [7, 11) is -4.56. The Hall–Kier alpha value is -0.170. The SMILES string of the molecule is CCCCCCCCCCCCCCCCCCC(CCO)(CCCCCCCCCCCCCCCCCC)OS(=O)(=O)O. The predicted molar refractivity (Wildman–Crippen MR) is 195 cm³/mol. The van der Waals surface area contributed by atoms with Gasteiger partial charge in [0.2, 0.25) is 0 Å². The normalized spacial score (nSPS) is 12.4. The van der Waals surface area contributed by atoms with Crippen molar-refractivity contribution in [2.24, 2.45) is 0 Å². The van der Waals surface area contributed by atoms with Crippen molar-refractivity contribution in [3.8, 4) is 0 Å². The molecular formula is C39H80O5S. The van der Waals surface area contributed by atoms with Crippen LogP contribution in [0.4, 0.5) is 0 Å². The van der Waals surface area contributed by atoms with E-state index in [1.54, 1.807) is 0 Å². The minimum absolute atomic E-state index is 0.132. The quantitative estimate of drug-likeness (QED) is 0.0508. The van der Waals surface area contributed by atoms with Gasteiger partial charge < -0.3 is 5.11 Å². The van der Waals surface area contributed by atoms with Crippen LogP contribution in [0.3, 0.4) is 0 Å². The topological polar surface area (TPSA) is 83.8 Å². The molecule has 0 aromatic rings. The third-order valence-electron chi connectivity index (χ3n) is 9.82. The van der Waals surface area contributed by atoms with Gasteiger partial charge in [-0.15, -0.1) is 0 Å². The molecule has 0 aliphatic heterocycles. The minimum Gasteiger partial charge on any atom is -0.396 e. The van der Waals surface area contributed by atoms with Gasteiger partial charge in [0.1, 0.15) is 0 Å². The number of aliphatic hydroxyl groups is 1. The fraction of sp³-hybridized carbons (Fsp3) is 1.00. The van der Waals surface area contributed by atoms with Crippen molar-refractivity contribution in [3.63, 3.8) is 0 Å². The molecule has 5 nitrogen and oxygen atoms in total. The lowest BCUT2D eigenvalue weighted by Gasteiger charge is -2.31. The van der Waals surface area contributed by atoms with Crippen LogP contribution in [0.2, 0.25) is 0 Å². The first-order valence-electron chi connectivity index (χ1n) is 20.2. The molecule has 0 aromatic carbocycles. The summed E-state index contributed by atoms with van der Waals surface area (Å²) in [4.78, 5) is 0. The van der Waals surface area contributed by atoms with Crippen molar-refractivity contribution in [3.05, 3.63) is 0 Å². The Kier molecular flexibility index (Phi) is 33.6. The first-order valence-corrected chi connectivity index (χ1v) is 21.5. The van der Waals surface area contributed by atoms with E-state index in [1.807, 2.05) is 0 Å². The fourth-order valence-electron chi connectivity index (χ4n) is 6.92.